The van der Waals surface area contributed by atoms with Crippen molar-refractivity contribution >= 4 is 23.8 Å². The van der Waals surface area contributed by atoms with E-state index in [-0.39, 0.29) is 11.9 Å². The van der Waals surface area contributed by atoms with Gasteiger partial charge in [-0.15, -0.1) is 0 Å². The summed E-state index contributed by atoms with van der Waals surface area (Å²) in [5, 5.41) is 37.8. The SMILES string of the molecule is COc1cc(OC)[nH+]c(N)n1.COc1cc(OC)[nH+]c(N)n1.O=C(O)c1ncccc1[O-].O=C(O)c1ncccc1[O-]. The lowest BCUT2D eigenvalue weighted by molar-refractivity contribution is -0.380. The lowest BCUT2D eigenvalue weighted by Crippen LogP contribution is -2.15. The van der Waals surface area contributed by atoms with Crippen LogP contribution in [0.3, 0.4) is 0 Å². The molecule has 8 N–H and O–H groups in total. The van der Waals surface area contributed by atoms with Gasteiger partial charge in [-0.05, 0) is 22.1 Å². The Labute approximate surface area is 238 Å². The Morgan fingerprint density at radius 3 is 1.31 bits per heavy atom. The third-order valence-corrected chi connectivity index (χ3v) is 4.28. The van der Waals surface area contributed by atoms with Crippen molar-refractivity contribution in [2.24, 2.45) is 0 Å². The summed E-state index contributed by atoms with van der Waals surface area (Å²) in [6, 6.07) is 8.34. The summed E-state index contributed by atoms with van der Waals surface area (Å²) in [6.07, 6.45) is 2.54. The van der Waals surface area contributed by atoms with Crippen LogP contribution in [0, 0.1) is 0 Å². The Balaban J connectivity index is 0.000000280. The summed E-state index contributed by atoms with van der Waals surface area (Å²) in [5.74, 6) is -1.26. The highest BCUT2D eigenvalue weighted by Crippen LogP contribution is 2.12. The number of nitrogens with two attached hydrogens (primary N) is 2. The van der Waals surface area contributed by atoms with Crippen LogP contribution in [0.15, 0.2) is 48.8 Å². The molecule has 4 heterocycles. The van der Waals surface area contributed by atoms with Crippen LogP contribution in [-0.4, -0.2) is 70.5 Å². The molecule has 0 fully saturated rings. The fourth-order valence-electron chi connectivity index (χ4n) is 2.44. The van der Waals surface area contributed by atoms with Gasteiger partial charge in [-0.1, -0.05) is 23.6 Å². The highest BCUT2D eigenvalue weighted by atomic mass is 16.5. The van der Waals surface area contributed by atoms with Crippen molar-refractivity contribution < 1.29 is 58.9 Å². The number of hydrogen-bond acceptors (Lipinski definition) is 14. The molecule has 0 atom stereocenters. The average Bonchev–Trinajstić information content (AvgIpc) is 2.97. The first-order valence-electron chi connectivity index (χ1n) is 11.2. The molecular formula is C24H28N8O10. The van der Waals surface area contributed by atoms with Gasteiger partial charge in [0, 0.05) is 12.4 Å². The lowest BCUT2D eigenvalue weighted by atomic mass is 10.3. The lowest BCUT2D eigenvalue weighted by Gasteiger charge is -2.05. The number of hydrogen-bond donors (Lipinski definition) is 4. The number of carboxylic acids is 2. The number of pyridine rings is 2. The molecule has 0 saturated carbocycles. The standard InChI is InChI=1S/2C6H9N3O2.2C6H5NO3/c2*1-10-4-3-5(11-2)9-6(7)8-4;2*8-4-2-1-3-7-5(4)6(9)10/h2*3H,1-2H3,(H2,7,8,9);2*1-3,8H,(H,9,10). The predicted molar refractivity (Wildman–Crippen MR) is 138 cm³/mol. The van der Waals surface area contributed by atoms with E-state index >= 15 is 0 Å². The molecule has 4 aromatic heterocycles. The normalized spacial score (nSPS) is 9.24. The molecule has 0 aliphatic rings. The van der Waals surface area contributed by atoms with Crippen molar-refractivity contribution in [3.8, 4) is 35.0 Å². The van der Waals surface area contributed by atoms with Gasteiger partial charge in [-0.2, -0.15) is 0 Å². The van der Waals surface area contributed by atoms with Crippen LogP contribution in [0.4, 0.5) is 11.9 Å². The molecule has 0 aliphatic carbocycles. The number of aromatic amines is 2. The zero-order valence-corrected chi connectivity index (χ0v) is 22.7. The second kappa shape index (κ2) is 17.4. The van der Waals surface area contributed by atoms with Gasteiger partial charge in [0.25, 0.3) is 23.5 Å². The van der Waals surface area contributed by atoms with Crippen LogP contribution in [0.2, 0.25) is 0 Å². The molecule has 18 heteroatoms. The van der Waals surface area contributed by atoms with Crippen LogP contribution < -0.4 is 50.6 Å². The van der Waals surface area contributed by atoms with Gasteiger partial charge in [-0.3, -0.25) is 11.5 Å². The minimum Gasteiger partial charge on any atom is -0.871 e. The van der Waals surface area contributed by atoms with E-state index in [1.54, 1.807) is 12.1 Å². The van der Waals surface area contributed by atoms with E-state index in [0.29, 0.717) is 23.5 Å². The third-order valence-electron chi connectivity index (χ3n) is 4.28. The van der Waals surface area contributed by atoms with Crippen molar-refractivity contribution in [2.75, 3.05) is 39.9 Å². The number of methoxy groups -OCH3 is 4. The van der Waals surface area contributed by atoms with Gasteiger partial charge < -0.3 is 39.4 Å². The van der Waals surface area contributed by atoms with Crippen LogP contribution in [0.25, 0.3) is 0 Å². The molecule has 0 unspecified atom stereocenters. The molecule has 0 aromatic carbocycles. The van der Waals surface area contributed by atoms with Crippen molar-refractivity contribution in [3.05, 3.63) is 60.2 Å². The van der Waals surface area contributed by atoms with Crippen LogP contribution in [-0.2, 0) is 0 Å². The van der Waals surface area contributed by atoms with E-state index < -0.39 is 34.8 Å². The fraction of sp³-hybridized carbons (Fsp3) is 0.167. The minimum absolute atomic E-state index is 0.265. The van der Waals surface area contributed by atoms with Gasteiger partial charge in [0.1, 0.15) is 11.4 Å². The molecule has 18 nitrogen and oxygen atoms in total. The topological polar surface area (TPSA) is 290 Å². The molecule has 0 radical (unpaired) electrons. The summed E-state index contributed by atoms with van der Waals surface area (Å²) >= 11 is 0. The van der Waals surface area contributed by atoms with Crippen LogP contribution in [0.5, 0.6) is 35.0 Å². The first-order chi connectivity index (χ1) is 19.9. The number of anilines is 2. The van der Waals surface area contributed by atoms with Gasteiger partial charge in [0.05, 0.1) is 40.6 Å². The number of aromatic nitrogens is 6. The first-order valence-corrected chi connectivity index (χ1v) is 11.2. The Bertz CT molecular complexity index is 1310. The molecule has 0 bridgehead atoms. The highest BCUT2D eigenvalue weighted by Gasteiger charge is 2.08. The monoisotopic (exact) mass is 588 g/mol. The zero-order chi connectivity index (χ0) is 31.7. The van der Waals surface area contributed by atoms with Crippen molar-refractivity contribution in [1.29, 1.82) is 0 Å². The molecule has 4 rings (SSSR count). The van der Waals surface area contributed by atoms with E-state index in [1.807, 2.05) is 0 Å². The first kappa shape index (κ1) is 33.8. The zero-order valence-electron chi connectivity index (χ0n) is 22.7. The maximum Gasteiger partial charge on any atom is 0.393 e. The van der Waals surface area contributed by atoms with E-state index in [1.165, 1.54) is 53.0 Å². The molecule has 224 valence electrons. The van der Waals surface area contributed by atoms with E-state index in [0.717, 1.165) is 12.1 Å². The summed E-state index contributed by atoms with van der Waals surface area (Å²) in [7, 11) is 6.10. The van der Waals surface area contributed by atoms with Gasteiger partial charge in [-0.25, -0.2) is 29.5 Å². The smallest absolute Gasteiger partial charge is 0.393 e. The Morgan fingerprint density at radius 2 is 1.07 bits per heavy atom. The number of nitrogens with zero attached hydrogens (tertiary/aromatic N) is 4. The predicted octanol–water partition coefficient (Wildman–Crippen LogP) is -1.30. The summed E-state index contributed by atoms with van der Waals surface area (Å²) < 4.78 is 19.5. The second-order valence-electron chi connectivity index (χ2n) is 7.06. The summed E-state index contributed by atoms with van der Waals surface area (Å²) in [4.78, 5) is 40.1. The van der Waals surface area contributed by atoms with Crippen molar-refractivity contribution in [1.82, 2.24) is 19.9 Å². The van der Waals surface area contributed by atoms with Gasteiger partial charge in [0.15, 0.2) is 0 Å². The molecule has 0 spiro atoms. The quantitative estimate of drug-likeness (QED) is 0.203. The summed E-state index contributed by atoms with van der Waals surface area (Å²) in [6.45, 7) is 0. The molecule has 4 aromatic rings. The largest absolute Gasteiger partial charge is 0.871 e. The maximum absolute atomic E-state index is 10.6. The number of carbonyl (C=O) groups is 2. The van der Waals surface area contributed by atoms with E-state index in [4.69, 9.17) is 40.6 Å². The Morgan fingerprint density at radius 1 is 0.714 bits per heavy atom. The maximum atomic E-state index is 10.6. The minimum atomic E-state index is -1.29. The summed E-state index contributed by atoms with van der Waals surface area (Å²) in [5.41, 5.74) is 9.91. The van der Waals surface area contributed by atoms with E-state index in [2.05, 4.69) is 29.9 Å². The highest BCUT2D eigenvalue weighted by molar-refractivity contribution is 5.88. The molecular weight excluding hydrogens is 560 g/mol. The van der Waals surface area contributed by atoms with Gasteiger partial charge in [0.2, 0.25) is 0 Å². The molecule has 42 heavy (non-hydrogen) atoms. The van der Waals surface area contributed by atoms with Crippen molar-refractivity contribution in [3.63, 3.8) is 0 Å². The van der Waals surface area contributed by atoms with Crippen molar-refractivity contribution in [2.45, 2.75) is 0 Å². The number of nitrogens with one attached hydrogen (secondary N) is 2. The molecule has 0 saturated heterocycles. The van der Waals surface area contributed by atoms with Gasteiger partial charge >= 0.3 is 23.8 Å². The number of aromatic carboxylic acids is 2. The Kier molecular flexibility index (Phi) is 14.0. The van der Waals surface area contributed by atoms with E-state index in [9.17, 15) is 19.8 Å². The number of H-pyrrole nitrogens is 2. The number of nitrogen functional groups attached to an aromatic ring is 2. The Hall–Kier alpha value is -6.20. The number of carboxylic acid groups (broad SMARTS) is 2. The third kappa shape index (κ3) is 11.7. The molecule has 0 amide bonds. The van der Waals surface area contributed by atoms with Crippen LogP contribution in [0.1, 0.15) is 21.0 Å². The fourth-order valence-corrected chi connectivity index (χ4v) is 2.44. The number of ether oxygens (including phenoxy) is 4. The number of rotatable bonds is 6. The van der Waals surface area contributed by atoms with Crippen LogP contribution >= 0.6 is 0 Å². The molecule has 0 aliphatic heterocycles. The second-order valence-corrected chi connectivity index (χ2v) is 7.06. The average molecular weight is 589 g/mol.